The minimum Gasteiger partial charge on any atom is -0.463 e. The Labute approximate surface area is 104 Å². The highest BCUT2D eigenvalue weighted by molar-refractivity contribution is 5.17. The highest BCUT2D eigenvalue weighted by Gasteiger charge is 2.06. The lowest BCUT2D eigenvalue weighted by molar-refractivity contribution is 0.233. The molecule has 1 aromatic heterocycles. The van der Waals surface area contributed by atoms with Crippen LogP contribution in [-0.4, -0.2) is 23.6 Å². The quantitative estimate of drug-likeness (QED) is 0.790. The third-order valence-electron chi connectivity index (χ3n) is 2.70. The molecule has 17 heavy (non-hydrogen) atoms. The molecule has 96 valence electrons. The van der Waals surface area contributed by atoms with Gasteiger partial charge in [-0.1, -0.05) is 20.3 Å². The summed E-state index contributed by atoms with van der Waals surface area (Å²) in [7, 11) is 1.91. The zero-order valence-corrected chi connectivity index (χ0v) is 11.3. The molecular weight excluding hydrogens is 214 g/mol. The molecule has 0 amide bonds. The molecule has 0 aromatic carbocycles. The lowest BCUT2D eigenvalue weighted by Gasteiger charge is -2.11. The van der Waals surface area contributed by atoms with Gasteiger partial charge in [-0.25, -0.2) is 9.97 Å². The van der Waals surface area contributed by atoms with E-state index in [9.17, 15) is 0 Å². The minimum atomic E-state index is 0.491. The zero-order valence-electron chi connectivity index (χ0n) is 11.3. The topological polar surface area (TPSA) is 47.0 Å². The Hall–Kier alpha value is -1.16. The Morgan fingerprint density at radius 1 is 1.47 bits per heavy atom. The van der Waals surface area contributed by atoms with Gasteiger partial charge in [-0.2, -0.15) is 0 Å². The van der Waals surface area contributed by atoms with Crippen LogP contribution < -0.4 is 10.1 Å². The van der Waals surface area contributed by atoms with Crippen molar-refractivity contribution in [2.24, 2.45) is 5.92 Å². The fourth-order valence-electron chi connectivity index (χ4n) is 1.70. The fourth-order valence-corrected chi connectivity index (χ4v) is 1.70. The van der Waals surface area contributed by atoms with Gasteiger partial charge in [0, 0.05) is 24.0 Å². The summed E-state index contributed by atoms with van der Waals surface area (Å²) in [5.74, 6) is 0.556. The third-order valence-corrected chi connectivity index (χ3v) is 2.70. The second-order valence-electron chi connectivity index (χ2n) is 4.50. The smallest absolute Gasteiger partial charge is 0.316 e. The van der Waals surface area contributed by atoms with Gasteiger partial charge < -0.3 is 10.1 Å². The van der Waals surface area contributed by atoms with Gasteiger partial charge in [0.25, 0.3) is 0 Å². The first-order valence-electron chi connectivity index (χ1n) is 6.27. The summed E-state index contributed by atoms with van der Waals surface area (Å²) >= 11 is 0. The molecule has 0 aliphatic heterocycles. The van der Waals surface area contributed by atoms with E-state index in [1.165, 1.54) is 12.8 Å². The zero-order chi connectivity index (χ0) is 12.7. The van der Waals surface area contributed by atoms with Crippen molar-refractivity contribution in [3.63, 3.8) is 0 Å². The Balaban J connectivity index is 2.52. The molecule has 0 fully saturated rings. The number of hydrogen-bond donors (Lipinski definition) is 1. The molecule has 1 atom stereocenters. The van der Waals surface area contributed by atoms with Crippen LogP contribution in [0.3, 0.4) is 0 Å². The van der Waals surface area contributed by atoms with Gasteiger partial charge >= 0.3 is 6.01 Å². The molecule has 1 N–H and O–H groups in total. The van der Waals surface area contributed by atoms with E-state index in [0.717, 1.165) is 17.8 Å². The average Bonchev–Trinajstić information content (AvgIpc) is 2.30. The second kappa shape index (κ2) is 7.22. The normalized spacial score (nSPS) is 12.5. The van der Waals surface area contributed by atoms with Gasteiger partial charge in [-0.05, 0) is 26.3 Å². The van der Waals surface area contributed by atoms with Crippen LogP contribution in [-0.2, 0) is 6.54 Å². The van der Waals surface area contributed by atoms with Crippen LogP contribution in [0.1, 0.15) is 37.9 Å². The number of nitrogens with one attached hydrogen (secondary N) is 1. The monoisotopic (exact) mass is 237 g/mol. The SMILES string of the molecule is CCCC(C)COc1ncc(CNC)c(C)n1. The molecule has 1 aromatic rings. The second-order valence-corrected chi connectivity index (χ2v) is 4.50. The number of ether oxygens (including phenoxy) is 1. The predicted octanol–water partition coefficient (Wildman–Crippen LogP) is 2.32. The summed E-state index contributed by atoms with van der Waals surface area (Å²) in [4.78, 5) is 8.57. The first kappa shape index (κ1) is 13.9. The van der Waals surface area contributed by atoms with Crippen molar-refractivity contribution in [2.75, 3.05) is 13.7 Å². The summed E-state index contributed by atoms with van der Waals surface area (Å²) in [6, 6.07) is 0.491. The van der Waals surface area contributed by atoms with E-state index in [4.69, 9.17) is 4.74 Å². The Morgan fingerprint density at radius 2 is 2.24 bits per heavy atom. The number of hydrogen-bond acceptors (Lipinski definition) is 4. The van der Waals surface area contributed by atoms with Crippen molar-refractivity contribution in [3.05, 3.63) is 17.5 Å². The Kier molecular flexibility index (Phi) is 5.91. The predicted molar refractivity (Wildman–Crippen MR) is 69.1 cm³/mol. The van der Waals surface area contributed by atoms with Gasteiger partial charge in [0.2, 0.25) is 0 Å². The van der Waals surface area contributed by atoms with Gasteiger partial charge in [-0.15, -0.1) is 0 Å². The summed E-state index contributed by atoms with van der Waals surface area (Å²) in [5.41, 5.74) is 2.09. The van der Waals surface area contributed by atoms with Crippen molar-refractivity contribution >= 4 is 0 Å². The van der Waals surface area contributed by atoms with Crippen LogP contribution in [0, 0.1) is 12.8 Å². The van der Waals surface area contributed by atoms with Crippen LogP contribution in [0.4, 0.5) is 0 Å². The van der Waals surface area contributed by atoms with Crippen LogP contribution in [0.5, 0.6) is 6.01 Å². The largest absolute Gasteiger partial charge is 0.463 e. The number of aryl methyl sites for hydroxylation is 1. The highest BCUT2D eigenvalue weighted by Crippen LogP contribution is 2.11. The lowest BCUT2D eigenvalue weighted by atomic mass is 10.1. The molecule has 4 nitrogen and oxygen atoms in total. The van der Waals surface area contributed by atoms with Crippen molar-refractivity contribution in [1.29, 1.82) is 0 Å². The van der Waals surface area contributed by atoms with E-state index in [0.29, 0.717) is 18.5 Å². The third kappa shape index (κ3) is 4.69. The molecule has 0 bridgehead atoms. The van der Waals surface area contributed by atoms with Crippen molar-refractivity contribution < 1.29 is 4.74 Å². The summed E-state index contributed by atoms with van der Waals surface area (Å²) in [6.45, 7) is 7.84. The van der Waals surface area contributed by atoms with Crippen molar-refractivity contribution in [1.82, 2.24) is 15.3 Å². The van der Waals surface area contributed by atoms with E-state index in [1.807, 2.05) is 20.2 Å². The van der Waals surface area contributed by atoms with Gasteiger partial charge in [0.15, 0.2) is 0 Å². The maximum Gasteiger partial charge on any atom is 0.316 e. The number of rotatable bonds is 7. The average molecular weight is 237 g/mol. The van der Waals surface area contributed by atoms with Gasteiger partial charge in [0.1, 0.15) is 0 Å². The maximum atomic E-state index is 5.59. The molecule has 4 heteroatoms. The van der Waals surface area contributed by atoms with Crippen LogP contribution in [0.2, 0.25) is 0 Å². The fraction of sp³-hybridized carbons (Fsp3) is 0.692. The molecule has 0 aliphatic carbocycles. The Bertz CT molecular complexity index is 341. The van der Waals surface area contributed by atoms with Crippen LogP contribution in [0.25, 0.3) is 0 Å². The molecular formula is C13H23N3O. The molecule has 0 saturated carbocycles. The van der Waals surface area contributed by atoms with Gasteiger partial charge in [0.05, 0.1) is 6.61 Å². The van der Waals surface area contributed by atoms with Crippen LogP contribution >= 0.6 is 0 Å². The van der Waals surface area contributed by atoms with E-state index in [2.05, 4.69) is 29.1 Å². The number of nitrogens with zero attached hydrogens (tertiary/aromatic N) is 2. The van der Waals surface area contributed by atoms with Gasteiger partial charge in [-0.3, -0.25) is 0 Å². The van der Waals surface area contributed by atoms with E-state index < -0.39 is 0 Å². The molecule has 0 saturated heterocycles. The first-order chi connectivity index (χ1) is 8.17. The lowest BCUT2D eigenvalue weighted by Crippen LogP contribution is -2.12. The van der Waals surface area contributed by atoms with E-state index >= 15 is 0 Å². The molecule has 1 heterocycles. The summed E-state index contributed by atoms with van der Waals surface area (Å²) < 4.78 is 5.59. The van der Waals surface area contributed by atoms with E-state index in [-0.39, 0.29) is 0 Å². The molecule has 1 rings (SSSR count). The minimum absolute atomic E-state index is 0.491. The highest BCUT2D eigenvalue weighted by atomic mass is 16.5. The van der Waals surface area contributed by atoms with E-state index in [1.54, 1.807) is 0 Å². The summed E-state index contributed by atoms with van der Waals surface area (Å²) in [6.07, 6.45) is 4.20. The Morgan fingerprint density at radius 3 is 2.82 bits per heavy atom. The maximum absolute atomic E-state index is 5.59. The standard InChI is InChI=1S/C13H23N3O/c1-5-6-10(2)9-17-13-15-8-12(7-14-4)11(3)16-13/h8,10,14H,5-7,9H2,1-4H3. The molecule has 1 unspecified atom stereocenters. The molecule has 0 radical (unpaired) electrons. The first-order valence-corrected chi connectivity index (χ1v) is 6.27. The van der Waals surface area contributed by atoms with Crippen LogP contribution in [0.15, 0.2) is 6.20 Å². The summed E-state index contributed by atoms with van der Waals surface area (Å²) in [5, 5.41) is 3.09. The molecule has 0 aliphatic rings. The van der Waals surface area contributed by atoms with Crippen molar-refractivity contribution in [3.8, 4) is 6.01 Å². The number of aromatic nitrogens is 2. The molecule has 0 spiro atoms. The van der Waals surface area contributed by atoms with Crippen molar-refractivity contribution in [2.45, 2.75) is 40.2 Å².